The molecule has 0 heterocycles. The van der Waals surface area contributed by atoms with E-state index >= 15 is 0 Å². The zero-order valence-corrected chi connectivity index (χ0v) is 53.7. The summed E-state index contributed by atoms with van der Waals surface area (Å²) in [4.78, 5) is 23.4. The topological polar surface area (TPSA) is 105 Å². The Morgan fingerprint density at radius 3 is 1.15 bits per heavy atom. The third-order valence-corrected chi connectivity index (χ3v) is 15.4. The van der Waals surface area contributed by atoms with Gasteiger partial charge in [-0.05, 0) is 96.3 Å². The lowest BCUT2D eigenvalue weighted by atomic mass is 10.0. The number of amides is 1. The van der Waals surface area contributed by atoms with Gasteiger partial charge in [-0.25, -0.2) is 4.57 Å². The molecule has 0 aromatic rings. The minimum atomic E-state index is -4.37. The van der Waals surface area contributed by atoms with Crippen LogP contribution in [0.5, 0.6) is 0 Å². The molecular formula is C71H128N2O6P+. The lowest BCUT2D eigenvalue weighted by Gasteiger charge is -2.25. The monoisotopic (exact) mass is 1140 g/mol. The number of nitrogens with zero attached hydrogens (tertiary/aromatic N) is 1. The zero-order chi connectivity index (χ0) is 58.4. The molecule has 0 spiro atoms. The summed E-state index contributed by atoms with van der Waals surface area (Å²) in [6, 6.07) is -0.876. The Balaban J connectivity index is 4.14. The molecule has 80 heavy (non-hydrogen) atoms. The lowest BCUT2D eigenvalue weighted by Crippen LogP contribution is -2.45. The SMILES string of the molecule is CC/C=C\C/C=C\C/C=C\C/C=C\C/C=C\C/C=C\CCCCCCCCCCCCCCCCCCC(=O)NC(COP(=O)(O)OCC[N+](C)(C)C)C(O)/C=C/CC/C=C/CC/C=C/CCCCCCCCCCCCCCC. The van der Waals surface area contributed by atoms with Crippen LogP contribution in [0.15, 0.2) is 109 Å². The predicted molar refractivity (Wildman–Crippen MR) is 350 cm³/mol. The summed E-state index contributed by atoms with van der Waals surface area (Å²) in [6.07, 6.45) is 89.4. The molecular weight excluding hydrogens is 1010 g/mol. The van der Waals surface area contributed by atoms with Gasteiger partial charge in [-0.2, -0.15) is 0 Å². The summed E-state index contributed by atoms with van der Waals surface area (Å²) in [5.41, 5.74) is 0. The molecule has 9 heteroatoms. The first kappa shape index (κ1) is 77.2. The standard InChI is InChI=1S/C71H127N2O6P/c1-6-8-10-12-14-16-18-20-22-24-26-28-30-31-32-33-34-35-36-37-38-39-40-41-43-45-47-49-51-53-55-57-59-61-63-65-71(75)72-69(68-79-80(76,77)78-67-66-73(3,4)5)70(74)64-62-60-58-56-54-52-50-48-46-44-42-29-27-25-23-21-19-17-15-13-11-9-7-2/h8,10,14,16,20,22,26,28,31-32,34-35,46,48,54,56,62,64,69-70,74H,6-7,9,11-13,15,17-19,21,23-25,27,29-30,33,36-45,47,49-53,55,57-61,63,65-68H2,1-5H3,(H-,72,75,76,77)/p+1/b10-8-,16-14-,22-20-,28-26-,32-31-,35-34-,48-46+,56-54+,64-62+. The van der Waals surface area contributed by atoms with Crippen molar-refractivity contribution in [2.45, 2.75) is 296 Å². The van der Waals surface area contributed by atoms with Gasteiger partial charge in [-0.3, -0.25) is 13.8 Å². The predicted octanol–water partition coefficient (Wildman–Crippen LogP) is 21.1. The summed E-state index contributed by atoms with van der Waals surface area (Å²) in [5, 5.41) is 14.0. The van der Waals surface area contributed by atoms with Crippen LogP contribution in [0, 0.1) is 0 Å². The van der Waals surface area contributed by atoms with Gasteiger partial charge in [0.1, 0.15) is 13.2 Å². The van der Waals surface area contributed by atoms with Crippen LogP contribution in [0.4, 0.5) is 0 Å². The number of likely N-dealkylation sites (N-methyl/N-ethyl adjacent to an activating group) is 1. The fourth-order valence-electron chi connectivity index (χ4n) is 9.31. The average Bonchev–Trinajstić information content (AvgIpc) is 3.42. The van der Waals surface area contributed by atoms with Gasteiger partial charge in [0, 0.05) is 6.42 Å². The summed E-state index contributed by atoms with van der Waals surface area (Å²) < 4.78 is 23.8. The number of unbranched alkanes of at least 4 members (excludes halogenated alkanes) is 31. The fourth-order valence-corrected chi connectivity index (χ4v) is 10.1. The highest BCUT2D eigenvalue weighted by Crippen LogP contribution is 2.43. The molecule has 0 radical (unpaired) electrons. The normalized spacial score (nSPS) is 14.4. The van der Waals surface area contributed by atoms with Crippen molar-refractivity contribution in [1.29, 1.82) is 0 Å². The van der Waals surface area contributed by atoms with Crippen molar-refractivity contribution in [3.8, 4) is 0 Å². The van der Waals surface area contributed by atoms with Gasteiger partial charge >= 0.3 is 7.82 Å². The molecule has 0 aliphatic rings. The summed E-state index contributed by atoms with van der Waals surface area (Å²) in [6.45, 7) is 4.69. The molecule has 1 amide bonds. The second-order valence-electron chi connectivity index (χ2n) is 23.4. The van der Waals surface area contributed by atoms with Gasteiger partial charge in [0.05, 0.1) is 39.9 Å². The maximum atomic E-state index is 13.0. The van der Waals surface area contributed by atoms with E-state index in [0.29, 0.717) is 17.4 Å². The summed E-state index contributed by atoms with van der Waals surface area (Å²) in [7, 11) is 1.54. The van der Waals surface area contributed by atoms with Gasteiger partial charge in [0.15, 0.2) is 0 Å². The number of allylic oxidation sites excluding steroid dienone is 17. The number of aliphatic hydroxyl groups excluding tert-OH is 1. The highest BCUT2D eigenvalue weighted by atomic mass is 31.2. The third kappa shape index (κ3) is 62.8. The number of nitrogens with one attached hydrogen (secondary N) is 1. The molecule has 0 bridgehead atoms. The molecule has 3 unspecified atom stereocenters. The molecule has 0 aliphatic heterocycles. The second kappa shape index (κ2) is 60.7. The molecule has 0 aliphatic carbocycles. The van der Waals surface area contributed by atoms with Crippen LogP contribution in [-0.4, -0.2) is 73.4 Å². The molecule has 0 rings (SSSR count). The van der Waals surface area contributed by atoms with E-state index in [1.165, 1.54) is 180 Å². The quantitative estimate of drug-likeness (QED) is 0.0243. The fraction of sp³-hybridized carbons (Fsp3) is 0.732. The van der Waals surface area contributed by atoms with E-state index in [0.717, 1.165) is 83.5 Å². The van der Waals surface area contributed by atoms with Crippen LogP contribution in [0.2, 0.25) is 0 Å². The Morgan fingerprint density at radius 1 is 0.438 bits per heavy atom. The van der Waals surface area contributed by atoms with Gasteiger partial charge < -0.3 is 19.8 Å². The molecule has 0 fully saturated rings. The summed E-state index contributed by atoms with van der Waals surface area (Å²) >= 11 is 0. The van der Waals surface area contributed by atoms with Crippen molar-refractivity contribution in [3.63, 3.8) is 0 Å². The number of carbonyl (C=O) groups excluding carboxylic acids is 1. The maximum Gasteiger partial charge on any atom is 0.472 e. The third-order valence-electron chi connectivity index (χ3n) is 14.5. The maximum absolute atomic E-state index is 13.0. The van der Waals surface area contributed by atoms with Gasteiger partial charge in [-0.15, -0.1) is 0 Å². The number of phosphoric acid groups is 1. The van der Waals surface area contributed by atoms with Crippen molar-refractivity contribution in [2.24, 2.45) is 0 Å². The lowest BCUT2D eigenvalue weighted by molar-refractivity contribution is -0.870. The van der Waals surface area contributed by atoms with Crippen LogP contribution >= 0.6 is 7.82 Å². The van der Waals surface area contributed by atoms with E-state index in [4.69, 9.17) is 9.05 Å². The number of quaternary nitrogens is 1. The first-order chi connectivity index (χ1) is 39.0. The largest absolute Gasteiger partial charge is 0.472 e. The highest BCUT2D eigenvalue weighted by Gasteiger charge is 2.27. The molecule has 3 atom stereocenters. The highest BCUT2D eigenvalue weighted by molar-refractivity contribution is 7.47. The first-order valence-corrected chi connectivity index (χ1v) is 34.8. The minimum Gasteiger partial charge on any atom is -0.387 e. The van der Waals surface area contributed by atoms with E-state index in [-0.39, 0.29) is 19.1 Å². The van der Waals surface area contributed by atoms with E-state index < -0.39 is 20.0 Å². The molecule has 0 saturated carbocycles. The zero-order valence-electron chi connectivity index (χ0n) is 52.8. The number of phosphoric ester groups is 1. The molecule has 0 saturated heterocycles. The molecule has 3 N–H and O–H groups in total. The Kier molecular flexibility index (Phi) is 58.6. The van der Waals surface area contributed by atoms with Crippen LogP contribution in [0.3, 0.4) is 0 Å². The first-order valence-electron chi connectivity index (χ1n) is 33.3. The number of rotatable bonds is 60. The number of aliphatic hydroxyl groups is 1. The Bertz CT molecular complexity index is 1670. The minimum absolute atomic E-state index is 0.0501. The Hall–Kier alpha value is -2.84. The van der Waals surface area contributed by atoms with E-state index in [2.05, 4.69) is 116 Å². The van der Waals surface area contributed by atoms with Gasteiger partial charge in [-0.1, -0.05) is 290 Å². The smallest absolute Gasteiger partial charge is 0.387 e. The van der Waals surface area contributed by atoms with Gasteiger partial charge in [0.25, 0.3) is 0 Å². The number of carbonyl (C=O) groups is 1. The molecule has 0 aromatic carbocycles. The average molecular weight is 1140 g/mol. The van der Waals surface area contributed by atoms with Crippen molar-refractivity contribution < 1.29 is 32.9 Å². The van der Waals surface area contributed by atoms with Crippen LogP contribution < -0.4 is 5.32 Å². The van der Waals surface area contributed by atoms with Crippen molar-refractivity contribution in [2.75, 3.05) is 40.9 Å². The van der Waals surface area contributed by atoms with Crippen molar-refractivity contribution in [1.82, 2.24) is 5.32 Å². The van der Waals surface area contributed by atoms with Crippen molar-refractivity contribution >= 4 is 13.7 Å². The van der Waals surface area contributed by atoms with Crippen LogP contribution in [0.25, 0.3) is 0 Å². The molecule has 8 nitrogen and oxygen atoms in total. The Morgan fingerprint density at radius 2 is 0.762 bits per heavy atom. The van der Waals surface area contributed by atoms with E-state index in [9.17, 15) is 19.4 Å². The van der Waals surface area contributed by atoms with E-state index in [1.54, 1.807) is 6.08 Å². The Labute approximate surface area is 495 Å². The number of hydrogen-bond acceptors (Lipinski definition) is 5. The van der Waals surface area contributed by atoms with Gasteiger partial charge in [0.2, 0.25) is 5.91 Å². The van der Waals surface area contributed by atoms with Crippen LogP contribution in [0.1, 0.15) is 284 Å². The molecule has 462 valence electrons. The number of hydrogen-bond donors (Lipinski definition) is 3. The summed E-state index contributed by atoms with van der Waals surface area (Å²) in [5.74, 6) is -0.192. The second-order valence-corrected chi connectivity index (χ2v) is 24.9. The molecule has 0 aromatic heterocycles. The van der Waals surface area contributed by atoms with Crippen molar-refractivity contribution in [3.05, 3.63) is 109 Å². The van der Waals surface area contributed by atoms with E-state index in [1.807, 2.05) is 27.2 Å². The van der Waals surface area contributed by atoms with Crippen LogP contribution in [-0.2, 0) is 18.4 Å².